The topological polar surface area (TPSA) is 138 Å². The molecule has 0 radical (unpaired) electrons. The van der Waals surface area contributed by atoms with Gasteiger partial charge < -0.3 is 29.7 Å². The Morgan fingerprint density at radius 3 is 2.44 bits per heavy atom. The highest BCUT2D eigenvalue weighted by Gasteiger charge is 2.61. The normalized spacial score (nSPS) is 22.4. The van der Waals surface area contributed by atoms with Crippen molar-refractivity contribution in [1.82, 2.24) is 20.1 Å². The van der Waals surface area contributed by atoms with Crippen molar-refractivity contribution in [1.29, 1.82) is 0 Å². The van der Waals surface area contributed by atoms with E-state index in [0.717, 1.165) is 22.9 Å². The fourth-order valence-electron chi connectivity index (χ4n) is 8.01. The van der Waals surface area contributed by atoms with Gasteiger partial charge in [0.1, 0.15) is 29.2 Å². The quantitative estimate of drug-likeness (QED) is 0.177. The Balaban J connectivity index is 1.20. The number of carbonyl (C=O) groups is 4. The van der Waals surface area contributed by atoms with Crippen LogP contribution in [0.3, 0.4) is 0 Å². The number of pyridine rings is 1. The van der Waals surface area contributed by atoms with E-state index in [1.54, 1.807) is 12.0 Å². The third kappa shape index (κ3) is 7.52. The third-order valence-corrected chi connectivity index (χ3v) is 11.4. The molecule has 11 nitrogen and oxygen atoms in total. The van der Waals surface area contributed by atoms with E-state index in [-0.39, 0.29) is 37.6 Å². The van der Waals surface area contributed by atoms with Gasteiger partial charge in [-0.05, 0) is 41.5 Å². The second-order valence-electron chi connectivity index (χ2n) is 16.0. The third-order valence-electron chi connectivity index (χ3n) is 11.4. The molecule has 0 bridgehead atoms. The van der Waals surface area contributed by atoms with Gasteiger partial charge in [0, 0.05) is 54.9 Å². The number of methoxy groups -OCH3 is 1. The van der Waals surface area contributed by atoms with Crippen LogP contribution in [0.5, 0.6) is 11.5 Å². The largest absolute Gasteiger partial charge is 0.497 e. The predicted octanol–water partition coefficient (Wildman–Crippen LogP) is 6.04. The van der Waals surface area contributed by atoms with Crippen molar-refractivity contribution >= 4 is 34.6 Å². The van der Waals surface area contributed by atoms with Gasteiger partial charge in [0.25, 0.3) is 0 Å². The molecular weight excluding hydrogens is 697 g/mol. The number of rotatable bonds is 11. The maximum Gasteiger partial charge on any atom is 0.330 e. The Kier molecular flexibility index (Phi) is 10.1. The van der Waals surface area contributed by atoms with Crippen molar-refractivity contribution in [3.8, 4) is 22.8 Å². The van der Waals surface area contributed by atoms with Gasteiger partial charge >= 0.3 is 5.97 Å². The first-order chi connectivity index (χ1) is 26.3. The number of ether oxygens (including phenoxy) is 2. The molecule has 11 heteroatoms. The molecule has 3 aromatic carbocycles. The lowest BCUT2D eigenvalue weighted by atomic mass is 9.77. The number of aromatic nitrogens is 1. The Morgan fingerprint density at radius 2 is 1.76 bits per heavy atom. The van der Waals surface area contributed by atoms with E-state index >= 15 is 0 Å². The van der Waals surface area contributed by atoms with E-state index < -0.39 is 46.8 Å². The monoisotopic (exact) mass is 744 g/mol. The summed E-state index contributed by atoms with van der Waals surface area (Å²) >= 11 is 0. The molecule has 2 fully saturated rings. The highest BCUT2D eigenvalue weighted by molar-refractivity contribution is 5.96. The number of hydrogen-bond acceptors (Lipinski definition) is 7. The summed E-state index contributed by atoms with van der Waals surface area (Å²) in [6.45, 7) is 10.6. The van der Waals surface area contributed by atoms with Gasteiger partial charge in [-0.1, -0.05) is 81.4 Å². The molecule has 2 unspecified atom stereocenters. The van der Waals surface area contributed by atoms with Gasteiger partial charge in [-0.15, -0.1) is 6.58 Å². The Bertz CT molecular complexity index is 2150. The summed E-state index contributed by atoms with van der Waals surface area (Å²) in [5.41, 5.74) is 2.40. The van der Waals surface area contributed by atoms with Gasteiger partial charge in [-0.2, -0.15) is 0 Å². The number of carbonyl (C=O) groups excluding carboxylic acids is 3. The molecule has 1 saturated carbocycles. The maximum absolute atomic E-state index is 14.8. The van der Waals surface area contributed by atoms with Crippen LogP contribution in [0.15, 0.2) is 91.5 Å². The average Bonchev–Trinajstić information content (AvgIpc) is 3.75. The number of benzene rings is 3. The van der Waals surface area contributed by atoms with Gasteiger partial charge in [-0.25, -0.2) is 9.78 Å². The molecule has 1 saturated heterocycles. The zero-order valence-electron chi connectivity index (χ0n) is 31.8. The van der Waals surface area contributed by atoms with Crippen LogP contribution >= 0.6 is 0 Å². The van der Waals surface area contributed by atoms with E-state index in [4.69, 9.17) is 14.5 Å². The molecule has 1 aromatic heterocycles. The smallest absolute Gasteiger partial charge is 0.330 e. The minimum Gasteiger partial charge on any atom is -0.497 e. The van der Waals surface area contributed by atoms with Crippen LogP contribution in [0.2, 0.25) is 0 Å². The van der Waals surface area contributed by atoms with Gasteiger partial charge in [-0.3, -0.25) is 14.4 Å². The van der Waals surface area contributed by atoms with Crippen LogP contribution in [-0.4, -0.2) is 81.5 Å². The van der Waals surface area contributed by atoms with Gasteiger partial charge in [0.05, 0.1) is 30.8 Å². The maximum atomic E-state index is 14.8. The second kappa shape index (κ2) is 14.8. The molecule has 3 aliphatic rings. The molecule has 286 valence electrons. The molecule has 2 aliphatic heterocycles. The van der Waals surface area contributed by atoms with Gasteiger partial charge in [0.2, 0.25) is 17.7 Å². The molecular formula is C44H48N4O7. The molecule has 0 spiro atoms. The van der Waals surface area contributed by atoms with Crippen molar-refractivity contribution in [3.05, 3.63) is 103 Å². The van der Waals surface area contributed by atoms with Crippen molar-refractivity contribution < 1.29 is 33.8 Å². The molecule has 3 heterocycles. The van der Waals surface area contributed by atoms with E-state index in [1.165, 1.54) is 16.5 Å². The number of carboxylic acids is 1. The minimum absolute atomic E-state index is 0.0320. The summed E-state index contributed by atoms with van der Waals surface area (Å²) in [6.07, 6.45) is 1.93. The highest BCUT2D eigenvalue weighted by Crippen LogP contribution is 2.45. The molecule has 1 aliphatic carbocycles. The zero-order valence-corrected chi connectivity index (χ0v) is 31.8. The van der Waals surface area contributed by atoms with Crippen LogP contribution in [0.1, 0.15) is 51.2 Å². The second-order valence-corrected chi connectivity index (χ2v) is 16.0. The molecule has 4 aromatic rings. The number of amides is 3. The number of hydrogen-bond donors (Lipinski definition) is 2. The number of likely N-dealkylation sites (tertiary alicyclic amines) is 1. The number of fused-ring (bicyclic) bond motifs is 2. The molecule has 5 atom stereocenters. The molecule has 7 rings (SSSR count). The lowest BCUT2D eigenvalue weighted by Crippen LogP contribution is -2.54. The van der Waals surface area contributed by atoms with Crippen LogP contribution in [-0.2, 0) is 32.1 Å². The van der Waals surface area contributed by atoms with Crippen LogP contribution in [0.25, 0.3) is 22.2 Å². The SMILES string of the molecule is C=CC1CC1(NC(=O)[C@@H]1C[C@@H](Oc2cc(-c3ccccc3)nc3cc(OC)ccc23)CN1C(=O)[C@@H](CC(=O)N1CCc2ccccc2C1)C(C)(C)C)C(=O)O. The Hall–Kier alpha value is -5.71. The van der Waals surface area contributed by atoms with Crippen molar-refractivity contribution in [2.45, 2.75) is 70.7 Å². The standard InChI is InChI=1S/C44H48N4O7/c1-6-30-24-44(30,42(52)53)46-40(50)37-21-32(55-38-23-35(28-13-8-7-9-14-28)45-36-20-31(54-5)16-17-33(36)38)26-48(37)41(51)34(43(2,3)4)22-39(49)47-19-18-27-12-10-11-15-29(27)25-47/h6-17,20,23,30,32,34,37H,1,18-19,21-22,24-26H2,2-5H3,(H,46,50)(H,52,53)/t30?,32-,34-,37+,44?/m1/s1. The minimum atomic E-state index is -1.48. The number of carboxylic acid groups (broad SMARTS) is 1. The first-order valence-corrected chi connectivity index (χ1v) is 18.8. The van der Waals surface area contributed by atoms with Crippen molar-refractivity contribution in [3.63, 3.8) is 0 Å². The van der Waals surface area contributed by atoms with E-state index in [2.05, 4.69) is 18.0 Å². The number of aliphatic carboxylic acids is 1. The highest BCUT2D eigenvalue weighted by atomic mass is 16.5. The fourth-order valence-corrected chi connectivity index (χ4v) is 8.01. The lowest BCUT2D eigenvalue weighted by molar-refractivity contribution is -0.149. The fraction of sp³-hybridized carbons (Fsp3) is 0.386. The summed E-state index contributed by atoms with van der Waals surface area (Å²) < 4.78 is 12.2. The molecule has 3 amide bonds. The summed E-state index contributed by atoms with van der Waals surface area (Å²) in [6, 6.07) is 24.1. The van der Waals surface area contributed by atoms with Crippen molar-refractivity contribution in [2.24, 2.45) is 17.3 Å². The summed E-state index contributed by atoms with van der Waals surface area (Å²) in [7, 11) is 1.59. The molecule has 55 heavy (non-hydrogen) atoms. The molecule has 2 N–H and O–H groups in total. The van der Waals surface area contributed by atoms with Crippen LogP contribution in [0.4, 0.5) is 0 Å². The van der Waals surface area contributed by atoms with Crippen molar-refractivity contribution in [2.75, 3.05) is 20.2 Å². The van der Waals surface area contributed by atoms with E-state index in [0.29, 0.717) is 35.8 Å². The Morgan fingerprint density at radius 1 is 1.04 bits per heavy atom. The first-order valence-electron chi connectivity index (χ1n) is 18.8. The summed E-state index contributed by atoms with van der Waals surface area (Å²) in [5.74, 6) is -2.24. The number of nitrogens with one attached hydrogen (secondary N) is 1. The average molecular weight is 745 g/mol. The lowest BCUT2D eigenvalue weighted by Gasteiger charge is -2.36. The first kappa shape index (κ1) is 37.6. The van der Waals surface area contributed by atoms with E-state index in [9.17, 15) is 24.3 Å². The van der Waals surface area contributed by atoms with Crippen LogP contribution in [0, 0.1) is 17.3 Å². The van der Waals surface area contributed by atoms with E-state index in [1.807, 2.05) is 93.6 Å². The van der Waals surface area contributed by atoms with Gasteiger partial charge in [0.15, 0.2) is 0 Å². The Labute approximate surface area is 321 Å². The zero-order chi connectivity index (χ0) is 39.1. The predicted molar refractivity (Wildman–Crippen MR) is 208 cm³/mol. The summed E-state index contributed by atoms with van der Waals surface area (Å²) in [4.78, 5) is 63.6. The van der Waals surface area contributed by atoms with Crippen LogP contribution < -0.4 is 14.8 Å². The number of nitrogens with zero attached hydrogens (tertiary/aromatic N) is 3. The summed E-state index contributed by atoms with van der Waals surface area (Å²) in [5, 5.41) is 13.6.